The second-order valence-electron chi connectivity index (χ2n) is 8.81. The molecule has 13 nitrogen and oxygen atoms in total. The lowest BCUT2D eigenvalue weighted by Gasteiger charge is -2.47. The fraction of sp³-hybridized carbons (Fsp3) is 1.00. The minimum Gasteiger partial charge on any atom is -0.394 e. The van der Waals surface area contributed by atoms with Gasteiger partial charge in [-0.3, -0.25) is 0 Å². The van der Waals surface area contributed by atoms with Gasteiger partial charge in [0.05, 0.1) is 54.7 Å². The van der Waals surface area contributed by atoms with Crippen LogP contribution < -0.4 is 0 Å². The molecule has 0 aromatic rings. The predicted octanol–water partition coefficient (Wildman–Crippen LogP) is -3.73. The highest BCUT2D eigenvalue weighted by molar-refractivity contribution is 8.76. The van der Waals surface area contributed by atoms with Crippen molar-refractivity contribution in [3.8, 4) is 0 Å². The average molecular weight is 613 g/mol. The van der Waals surface area contributed by atoms with E-state index in [-0.39, 0.29) is 0 Å². The summed E-state index contributed by atoms with van der Waals surface area (Å²) in [5, 5.41) is 101. The van der Waals surface area contributed by atoms with Gasteiger partial charge in [-0.25, -0.2) is 0 Å². The Labute approximate surface area is 230 Å². The van der Waals surface area contributed by atoms with Crippen molar-refractivity contribution < 1.29 is 65.3 Å². The molecule has 0 saturated carbocycles. The summed E-state index contributed by atoms with van der Waals surface area (Å²) in [6.07, 6.45) is -13.8. The highest BCUT2D eigenvalue weighted by Crippen LogP contribution is 2.44. The number of aliphatic hydroxyl groups excluding tert-OH is 10. The van der Waals surface area contributed by atoms with Crippen molar-refractivity contribution in [1.82, 2.24) is 0 Å². The minimum atomic E-state index is -1.64. The van der Waals surface area contributed by atoms with Gasteiger partial charge < -0.3 is 65.3 Å². The summed E-state index contributed by atoms with van der Waals surface area (Å²) in [5.74, 6) is 0.736. The SMILES string of the molecule is CCSS[C@@H]1O[C@H](CO)[C@@H](S[C@@H]2O[C@H](CO)[C@@H](S[C@@H]3O[C@H](CO)[C@@H](O)[C@H](O)[C@H]3O)[C@H](O)[C@H]2O)[C@H](O)[C@H]1O. The number of aliphatic hydroxyl groups is 10. The molecule has 0 aromatic carbocycles. The second kappa shape index (κ2) is 14.7. The number of thioether (sulfide) groups is 2. The first-order valence-corrected chi connectivity index (χ1v) is 16.0. The zero-order valence-electron chi connectivity index (χ0n) is 19.8. The molecule has 0 unspecified atom stereocenters. The summed E-state index contributed by atoms with van der Waals surface area (Å²) in [4.78, 5) is 0. The Bertz CT molecular complexity index is 695. The molecule has 0 bridgehead atoms. The van der Waals surface area contributed by atoms with Gasteiger partial charge in [0.25, 0.3) is 0 Å². The van der Waals surface area contributed by atoms with Crippen LogP contribution in [0.1, 0.15) is 6.92 Å². The van der Waals surface area contributed by atoms with Gasteiger partial charge in [-0.1, -0.05) is 28.5 Å². The Morgan fingerprint density at radius 2 is 0.919 bits per heavy atom. The molecule has 3 aliphatic rings. The lowest BCUT2D eigenvalue weighted by atomic mass is 10.0. The van der Waals surface area contributed by atoms with Crippen LogP contribution in [0.3, 0.4) is 0 Å². The lowest BCUT2D eigenvalue weighted by molar-refractivity contribution is -0.206. The predicted molar refractivity (Wildman–Crippen MR) is 138 cm³/mol. The maximum Gasteiger partial charge on any atom is 0.142 e. The van der Waals surface area contributed by atoms with Crippen molar-refractivity contribution in [1.29, 1.82) is 0 Å². The molecule has 0 radical (unpaired) electrons. The van der Waals surface area contributed by atoms with E-state index in [1.165, 1.54) is 21.6 Å². The van der Waals surface area contributed by atoms with Gasteiger partial charge in [-0.05, 0) is 0 Å². The topological polar surface area (TPSA) is 230 Å². The third-order valence-corrected chi connectivity index (χ3v) is 12.1. The number of rotatable bonds is 10. The number of ether oxygens (including phenoxy) is 3. The molecular weight excluding hydrogens is 576 g/mol. The molecule has 0 spiro atoms. The van der Waals surface area contributed by atoms with E-state index in [1.54, 1.807) is 0 Å². The maximum absolute atomic E-state index is 10.9. The molecule has 3 rings (SSSR count). The quantitative estimate of drug-likeness (QED) is 0.107. The van der Waals surface area contributed by atoms with Crippen LogP contribution in [0.15, 0.2) is 0 Å². The summed E-state index contributed by atoms with van der Waals surface area (Å²) in [6, 6.07) is 0. The molecule has 0 aromatic heterocycles. The molecule has 3 saturated heterocycles. The van der Waals surface area contributed by atoms with Crippen molar-refractivity contribution in [2.24, 2.45) is 0 Å². The normalized spacial score (nSPS) is 49.2. The summed E-state index contributed by atoms with van der Waals surface area (Å²) < 4.78 is 17.0. The maximum atomic E-state index is 10.9. The van der Waals surface area contributed by atoms with Crippen LogP contribution in [0, 0.1) is 0 Å². The van der Waals surface area contributed by atoms with Crippen molar-refractivity contribution in [2.75, 3.05) is 25.6 Å². The first kappa shape index (κ1) is 32.4. The van der Waals surface area contributed by atoms with Crippen LogP contribution in [-0.2, 0) is 14.2 Å². The molecule has 218 valence electrons. The number of hydrogen-bond donors (Lipinski definition) is 10. The van der Waals surface area contributed by atoms with Crippen LogP contribution in [0.4, 0.5) is 0 Å². The molecule has 10 N–H and O–H groups in total. The van der Waals surface area contributed by atoms with Crippen LogP contribution in [-0.4, -0.2) is 164 Å². The van der Waals surface area contributed by atoms with E-state index in [0.29, 0.717) is 0 Å². The molecule has 0 amide bonds. The standard InChI is InChI=1S/C20H36O13S4/c1-2-34-37-20-15(30)12(27)17(8(5-23)33-20)36-19-14(29)11(26)16(7(4-22)32-19)35-18-13(28)10(25)9(24)6(3-21)31-18/h6-30H,2-5H2,1H3/t6-,7-,8-,9-,10+,11-,12-,13-,14-,15-,16-,17-,18+,19+,20+/m1/s1. The molecule has 15 atom stereocenters. The van der Waals surface area contributed by atoms with E-state index < -0.39 is 108 Å². The third-order valence-electron chi connectivity index (χ3n) is 6.35. The molecule has 3 fully saturated rings. The molecular formula is C20H36O13S4. The van der Waals surface area contributed by atoms with Crippen molar-refractivity contribution in [3.63, 3.8) is 0 Å². The van der Waals surface area contributed by atoms with E-state index in [9.17, 15) is 51.1 Å². The largest absolute Gasteiger partial charge is 0.394 e. The minimum absolute atomic E-state index is 0.486. The van der Waals surface area contributed by atoms with Crippen LogP contribution >= 0.6 is 45.1 Å². The van der Waals surface area contributed by atoms with E-state index in [4.69, 9.17) is 14.2 Å². The molecule has 0 aliphatic carbocycles. The Morgan fingerprint density at radius 1 is 0.514 bits per heavy atom. The zero-order chi connectivity index (χ0) is 27.4. The van der Waals surface area contributed by atoms with E-state index >= 15 is 0 Å². The summed E-state index contributed by atoms with van der Waals surface area (Å²) in [7, 11) is 2.65. The van der Waals surface area contributed by atoms with E-state index in [0.717, 1.165) is 29.3 Å². The fourth-order valence-corrected chi connectivity index (χ4v) is 9.25. The average Bonchev–Trinajstić information content (AvgIpc) is 2.90. The van der Waals surface area contributed by atoms with Crippen molar-refractivity contribution in [2.45, 2.75) is 94.8 Å². The first-order chi connectivity index (χ1) is 17.6. The third kappa shape index (κ3) is 7.21. The molecule has 17 heteroatoms. The van der Waals surface area contributed by atoms with Crippen LogP contribution in [0.2, 0.25) is 0 Å². The Hall–Kier alpha value is 0.880. The Balaban J connectivity index is 1.70. The summed E-state index contributed by atoms with van der Waals surface area (Å²) in [6.45, 7) is 0.175. The molecule has 3 aliphatic heterocycles. The van der Waals surface area contributed by atoms with E-state index in [1.807, 2.05) is 6.92 Å². The molecule has 37 heavy (non-hydrogen) atoms. The van der Waals surface area contributed by atoms with Gasteiger partial charge in [-0.2, -0.15) is 0 Å². The highest BCUT2D eigenvalue weighted by Gasteiger charge is 2.52. The van der Waals surface area contributed by atoms with Crippen LogP contribution in [0.25, 0.3) is 0 Å². The Kier molecular flexibility index (Phi) is 12.8. The monoisotopic (exact) mass is 612 g/mol. The fourth-order valence-electron chi connectivity index (χ4n) is 4.26. The summed E-state index contributed by atoms with van der Waals surface area (Å²) in [5.41, 5.74) is -3.22. The van der Waals surface area contributed by atoms with Crippen molar-refractivity contribution >= 4 is 45.1 Å². The zero-order valence-corrected chi connectivity index (χ0v) is 23.1. The van der Waals surface area contributed by atoms with Gasteiger partial charge in [-0.15, -0.1) is 23.5 Å². The van der Waals surface area contributed by atoms with Gasteiger partial charge in [0.15, 0.2) is 0 Å². The van der Waals surface area contributed by atoms with Crippen LogP contribution in [0.5, 0.6) is 0 Å². The van der Waals surface area contributed by atoms with Gasteiger partial charge in [0.2, 0.25) is 0 Å². The molecule has 3 heterocycles. The van der Waals surface area contributed by atoms with Gasteiger partial charge in [0.1, 0.15) is 52.9 Å². The first-order valence-electron chi connectivity index (χ1n) is 11.7. The van der Waals surface area contributed by atoms with Crippen molar-refractivity contribution in [3.05, 3.63) is 0 Å². The Morgan fingerprint density at radius 3 is 1.38 bits per heavy atom. The van der Waals surface area contributed by atoms with Gasteiger partial charge >= 0.3 is 0 Å². The second-order valence-corrected chi connectivity index (χ2v) is 14.1. The smallest absolute Gasteiger partial charge is 0.142 e. The number of hydrogen-bond acceptors (Lipinski definition) is 17. The van der Waals surface area contributed by atoms with E-state index in [2.05, 4.69) is 0 Å². The summed E-state index contributed by atoms with van der Waals surface area (Å²) >= 11 is 1.61. The highest BCUT2D eigenvalue weighted by atomic mass is 33.1. The van der Waals surface area contributed by atoms with Gasteiger partial charge in [0, 0.05) is 5.75 Å². The lowest BCUT2D eigenvalue weighted by Crippen LogP contribution is -2.62.